The number of benzene rings is 1. The van der Waals surface area contributed by atoms with E-state index in [-0.39, 0.29) is 5.02 Å². The summed E-state index contributed by atoms with van der Waals surface area (Å²) in [7, 11) is 0. The van der Waals surface area contributed by atoms with Gasteiger partial charge in [-0.25, -0.2) is 4.39 Å². The van der Waals surface area contributed by atoms with Gasteiger partial charge in [0.1, 0.15) is 5.82 Å². The van der Waals surface area contributed by atoms with Crippen molar-refractivity contribution in [1.29, 1.82) is 0 Å². The summed E-state index contributed by atoms with van der Waals surface area (Å²) in [5, 5.41) is 8.09. The van der Waals surface area contributed by atoms with Gasteiger partial charge >= 0.3 is 0 Å². The molecule has 2 heterocycles. The molecule has 4 nitrogen and oxygen atoms in total. The second-order valence-electron chi connectivity index (χ2n) is 3.84. The number of nitrogens with two attached hydrogens (primary N) is 1. The molecule has 3 aromatic rings. The van der Waals surface area contributed by atoms with Gasteiger partial charge in [-0.1, -0.05) is 11.6 Å². The SMILES string of the molecule is Nc1ccc2nnc(-c3ccc(Cl)c(F)c3)n2c1. The standard InChI is InChI=1S/C12H8ClFN4/c13-9-3-1-7(5-10(9)14)12-17-16-11-4-2-8(15)6-18(11)12/h1-6H,15H2. The molecule has 2 aromatic heterocycles. The molecule has 0 saturated heterocycles. The summed E-state index contributed by atoms with van der Waals surface area (Å²) in [6.45, 7) is 0. The Morgan fingerprint density at radius 3 is 2.78 bits per heavy atom. The van der Waals surface area contributed by atoms with Crippen LogP contribution in [0.5, 0.6) is 0 Å². The van der Waals surface area contributed by atoms with E-state index in [4.69, 9.17) is 17.3 Å². The Hall–Kier alpha value is -2.14. The van der Waals surface area contributed by atoms with Gasteiger partial charge in [-0.15, -0.1) is 10.2 Å². The quantitative estimate of drug-likeness (QED) is 0.734. The van der Waals surface area contributed by atoms with Crippen LogP contribution in [0.4, 0.5) is 10.1 Å². The van der Waals surface area contributed by atoms with Crippen LogP contribution >= 0.6 is 11.6 Å². The first-order valence-corrected chi connectivity index (χ1v) is 5.58. The van der Waals surface area contributed by atoms with E-state index in [0.717, 1.165) is 0 Å². The second kappa shape index (κ2) is 3.96. The lowest BCUT2D eigenvalue weighted by molar-refractivity contribution is 0.628. The largest absolute Gasteiger partial charge is 0.398 e. The molecule has 0 bridgehead atoms. The van der Waals surface area contributed by atoms with Gasteiger partial charge in [0.25, 0.3) is 0 Å². The maximum atomic E-state index is 13.4. The lowest BCUT2D eigenvalue weighted by Gasteiger charge is -2.02. The number of nitrogen functional groups attached to an aromatic ring is 1. The van der Waals surface area contributed by atoms with E-state index in [2.05, 4.69) is 10.2 Å². The molecule has 0 fully saturated rings. The molecule has 0 aliphatic carbocycles. The molecule has 0 aliphatic rings. The number of hydrogen-bond donors (Lipinski definition) is 1. The molecule has 3 rings (SSSR count). The first-order valence-electron chi connectivity index (χ1n) is 5.21. The molecule has 6 heteroatoms. The fourth-order valence-corrected chi connectivity index (χ4v) is 1.86. The highest BCUT2D eigenvalue weighted by molar-refractivity contribution is 6.30. The van der Waals surface area contributed by atoms with E-state index in [0.29, 0.717) is 22.7 Å². The van der Waals surface area contributed by atoms with Gasteiger partial charge in [0.2, 0.25) is 0 Å². The smallest absolute Gasteiger partial charge is 0.168 e. The van der Waals surface area contributed by atoms with E-state index in [1.165, 1.54) is 12.1 Å². The summed E-state index contributed by atoms with van der Waals surface area (Å²) in [4.78, 5) is 0. The van der Waals surface area contributed by atoms with Crippen molar-refractivity contribution in [2.24, 2.45) is 0 Å². The predicted octanol–water partition coefficient (Wildman–Crippen LogP) is 2.77. The topological polar surface area (TPSA) is 56.2 Å². The third-order valence-corrected chi connectivity index (χ3v) is 2.91. The van der Waals surface area contributed by atoms with Crippen molar-refractivity contribution < 1.29 is 4.39 Å². The van der Waals surface area contributed by atoms with Gasteiger partial charge in [0.15, 0.2) is 11.5 Å². The van der Waals surface area contributed by atoms with E-state index in [1.54, 1.807) is 28.8 Å². The second-order valence-corrected chi connectivity index (χ2v) is 4.25. The maximum Gasteiger partial charge on any atom is 0.168 e. The molecule has 18 heavy (non-hydrogen) atoms. The minimum Gasteiger partial charge on any atom is -0.398 e. The van der Waals surface area contributed by atoms with Crippen LogP contribution in [0.15, 0.2) is 36.5 Å². The molecule has 0 unspecified atom stereocenters. The van der Waals surface area contributed by atoms with Crippen molar-refractivity contribution >= 4 is 22.9 Å². The Balaban J connectivity index is 2.24. The van der Waals surface area contributed by atoms with Crippen molar-refractivity contribution in [2.75, 3.05) is 5.73 Å². The van der Waals surface area contributed by atoms with Gasteiger partial charge in [0.05, 0.1) is 5.02 Å². The predicted molar refractivity (Wildman–Crippen MR) is 67.8 cm³/mol. The Labute approximate surface area is 107 Å². The van der Waals surface area contributed by atoms with E-state index in [9.17, 15) is 4.39 Å². The Kier molecular flexibility index (Phi) is 2.41. The zero-order valence-electron chi connectivity index (χ0n) is 9.14. The summed E-state index contributed by atoms with van der Waals surface area (Å²) in [6.07, 6.45) is 1.69. The number of fused-ring (bicyclic) bond motifs is 1. The average Bonchev–Trinajstić information content (AvgIpc) is 2.75. The number of rotatable bonds is 1. The number of anilines is 1. The normalized spacial score (nSPS) is 11.0. The third kappa shape index (κ3) is 1.69. The average molecular weight is 263 g/mol. The minimum atomic E-state index is -0.491. The Morgan fingerprint density at radius 2 is 2.00 bits per heavy atom. The zero-order chi connectivity index (χ0) is 12.7. The van der Waals surface area contributed by atoms with Crippen LogP contribution in [-0.4, -0.2) is 14.6 Å². The lowest BCUT2D eigenvalue weighted by Crippen LogP contribution is -1.93. The van der Waals surface area contributed by atoms with Crippen LogP contribution in [0, 0.1) is 5.82 Å². The summed E-state index contributed by atoms with van der Waals surface area (Å²) in [5.41, 5.74) is 7.53. The van der Waals surface area contributed by atoms with Gasteiger partial charge in [-0.05, 0) is 30.3 Å². The van der Waals surface area contributed by atoms with Crippen LogP contribution in [-0.2, 0) is 0 Å². The van der Waals surface area contributed by atoms with Gasteiger partial charge < -0.3 is 5.73 Å². The molecule has 90 valence electrons. The lowest BCUT2D eigenvalue weighted by atomic mass is 10.2. The van der Waals surface area contributed by atoms with Gasteiger partial charge in [0, 0.05) is 17.4 Å². The first-order chi connectivity index (χ1) is 8.65. The molecule has 0 aliphatic heterocycles. The van der Waals surface area contributed by atoms with Crippen LogP contribution in [0.3, 0.4) is 0 Å². The maximum absolute atomic E-state index is 13.4. The summed E-state index contributed by atoms with van der Waals surface area (Å²) >= 11 is 5.65. The highest BCUT2D eigenvalue weighted by atomic mass is 35.5. The highest BCUT2D eigenvalue weighted by Gasteiger charge is 2.10. The van der Waals surface area contributed by atoms with Crippen molar-refractivity contribution in [3.8, 4) is 11.4 Å². The Morgan fingerprint density at radius 1 is 1.17 bits per heavy atom. The number of aromatic nitrogens is 3. The summed E-state index contributed by atoms with van der Waals surface area (Å²) in [6, 6.07) is 7.97. The molecular weight excluding hydrogens is 255 g/mol. The minimum absolute atomic E-state index is 0.0760. The molecule has 0 spiro atoms. The number of pyridine rings is 1. The zero-order valence-corrected chi connectivity index (χ0v) is 9.89. The molecule has 0 atom stereocenters. The van der Waals surface area contributed by atoms with Crippen molar-refractivity contribution in [2.45, 2.75) is 0 Å². The summed E-state index contributed by atoms with van der Waals surface area (Å²) < 4.78 is 15.1. The van der Waals surface area contributed by atoms with Crippen molar-refractivity contribution in [3.63, 3.8) is 0 Å². The molecule has 0 amide bonds. The van der Waals surface area contributed by atoms with Gasteiger partial charge in [-0.2, -0.15) is 0 Å². The van der Waals surface area contributed by atoms with E-state index < -0.39 is 5.82 Å². The van der Waals surface area contributed by atoms with Crippen LogP contribution < -0.4 is 5.73 Å². The monoisotopic (exact) mass is 262 g/mol. The molecule has 0 saturated carbocycles. The van der Waals surface area contributed by atoms with Crippen LogP contribution in [0.25, 0.3) is 17.0 Å². The third-order valence-electron chi connectivity index (χ3n) is 2.60. The van der Waals surface area contributed by atoms with Crippen LogP contribution in [0.1, 0.15) is 0 Å². The Bertz CT molecular complexity index is 738. The van der Waals surface area contributed by atoms with Crippen molar-refractivity contribution in [1.82, 2.24) is 14.6 Å². The first kappa shape index (κ1) is 11.0. The number of halogens is 2. The number of nitrogens with zero attached hydrogens (tertiary/aromatic N) is 3. The summed E-state index contributed by atoms with van der Waals surface area (Å²) in [5.74, 6) is 0.0303. The van der Waals surface area contributed by atoms with Crippen molar-refractivity contribution in [3.05, 3.63) is 47.4 Å². The van der Waals surface area contributed by atoms with Crippen LogP contribution in [0.2, 0.25) is 5.02 Å². The van der Waals surface area contributed by atoms with Gasteiger partial charge in [-0.3, -0.25) is 4.40 Å². The molecule has 0 radical (unpaired) electrons. The number of hydrogen-bond acceptors (Lipinski definition) is 3. The van der Waals surface area contributed by atoms with E-state index >= 15 is 0 Å². The molecule has 2 N–H and O–H groups in total. The fourth-order valence-electron chi connectivity index (χ4n) is 1.74. The highest BCUT2D eigenvalue weighted by Crippen LogP contribution is 2.23. The fraction of sp³-hybridized carbons (Fsp3) is 0. The van der Waals surface area contributed by atoms with E-state index in [1.807, 2.05) is 0 Å². The molecular formula is C12H8ClFN4. The molecule has 1 aromatic carbocycles.